The summed E-state index contributed by atoms with van der Waals surface area (Å²) in [6.45, 7) is 0. The van der Waals surface area contributed by atoms with Crippen LogP contribution in [-0.2, 0) is 0 Å². The molecule has 2 heterocycles. The van der Waals surface area contributed by atoms with Crippen molar-refractivity contribution < 1.29 is 0 Å². The summed E-state index contributed by atoms with van der Waals surface area (Å²) in [4.78, 5) is 3.95. The van der Waals surface area contributed by atoms with Crippen LogP contribution in [0.25, 0.3) is 11.3 Å². The van der Waals surface area contributed by atoms with Gasteiger partial charge in [0.15, 0.2) is 0 Å². The van der Waals surface area contributed by atoms with E-state index in [1.165, 1.54) is 11.8 Å². The molecule has 2 rings (SSSR count). The molecule has 0 fully saturated rings. The lowest BCUT2D eigenvalue weighted by Gasteiger charge is -2.00. The summed E-state index contributed by atoms with van der Waals surface area (Å²) < 4.78 is 0. The molecule has 3 nitrogen and oxygen atoms in total. The van der Waals surface area contributed by atoms with E-state index >= 15 is 0 Å². The Morgan fingerprint density at radius 1 is 1.12 bits per heavy atom. The molecule has 0 saturated carbocycles. The standard InChI is InChI=1S/C12H9N3S/c1-2-9-16-12-4-3-11(14-15-12)10-5-7-13-8-6-10/h1,3-8H,9H2. The zero-order valence-electron chi connectivity index (χ0n) is 8.50. The predicted octanol–water partition coefficient (Wildman–Crippen LogP) is 2.26. The van der Waals surface area contributed by atoms with Crippen molar-refractivity contribution in [2.24, 2.45) is 0 Å². The fraction of sp³-hybridized carbons (Fsp3) is 0.0833. The van der Waals surface area contributed by atoms with Crippen LogP contribution in [0.5, 0.6) is 0 Å². The first-order valence-electron chi connectivity index (χ1n) is 4.70. The molecule has 0 amide bonds. The molecule has 0 radical (unpaired) electrons. The van der Waals surface area contributed by atoms with Gasteiger partial charge in [0.25, 0.3) is 0 Å². The third-order valence-corrected chi connectivity index (χ3v) is 2.74. The number of thioether (sulfide) groups is 1. The molecule has 0 saturated heterocycles. The Morgan fingerprint density at radius 2 is 1.94 bits per heavy atom. The number of nitrogens with zero attached hydrogens (tertiary/aromatic N) is 3. The van der Waals surface area contributed by atoms with Crippen molar-refractivity contribution in [3.8, 4) is 23.6 Å². The van der Waals surface area contributed by atoms with Gasteiger partial charge in [-0.1, -0.05) is 17.7 Å². The van der Waals surface area contributed by atoms with Gasteiger partial charge in [-0.15, -0.1) is 16.6 Å². The van der Waals surface area contributed by atoms with Gasteiger partial charge < -0.3 is 0 Å². The van der Waals surface area contributed by atoms with Gasteiger partial charge in [0.2, 0.25) is 0 Å². The highest BCUT2D eigenvalue weighted by atomic mass is 32.2. The van der Waals surface area contributed by atoms with E-state index in [0.29, 0.717) is 5.75 Å². The summed E-state index contributed by atoms with van der Waals surface area (Å²) >= 11 is 1.50. The maximum atomic E-state index is 5.17. The summed E-state index contributed by atoms with van der Waals surface area (Å²) in [6.07, 6.45) is 8.64. The average molecular weight is 227 g/mol. The van der Waals surface area contributed by atoms with E-state index in [1.54, 1.807) is 12.4 Å². The summed E-state index contributed by atoms with van der Waals surface area (Å²) in [5.74, 6) is 3.16. The maximum absolute atomic E-state index is 5.17. The molecule has 0 N–H and O–H groups in total. The molecule has 0 spiro atoms. The number of hydrogen-bond donors (Lipinski definition) is 0. The van der Waals surface area contributed by atoms with E-state index in [-0.39, 0.29) is 0 Å². The lowest BCUT2D eigenvalue weighted by atomic mass is 10.2. The summed E-state index contributed by atoms with van der Waals surface area (Å²) in [6, 6.07) is 7.66. The second-order valence-electron chi connectivity index (χ2n) is 2.99. The van der Waals surface area contributed by atoms with E-state index in [1.807, 2.05) is 24.3 Å². The van der Waals surface area contributed by atoms with Crippen molar-refractivity contribution in [1.82, 2.24) is 15.2 Å². The largest absolute Gasteiger partial charge is 0.265 e. The van der Waals surface area contributed by atoms with Gasteiger partial charge in [0.1, 0.15) is 5.03 Å². The summed E-state index contributed by atoms with van der Waals surface area (Å²) in [5.41, 5.74) is 1.85. The first kappa shape index (κ1) is 10.7. The Labute approximate surface area is 98.3 Å². The molecular formula is C12H9N3S. The molecular weight excluding hydrogens is 218 g/mol. The molecule has 2 aromatic rings. The minimum atomic E-state index is 0.614. The number of aromatic nitrogens is 3. The van der Waals surface area contributed by atoms with Crippen molar-refractivity contribution in [1.29, 1.82) is 0 Å². The molecule has 16 heavy (non-hydrogen) atoms. The van der Waals surface area contributed by atoms with Crippen molar-refractivity contribution >= 4 is 11.8 Å². The van der Waals surface area contributed by atoms with Crippen molar-refractivity contribution in [2.75, 3.05) is 5.75 Å². The van der Waals surface area contributed by atoms with Crippen molar-refractivity contribution in [3.63, 3.8) is 0 Å². The fourth-order valence-electron chi connectivity index (χ4n) is 1.19. The number of rotatable bonds is 3. The second-order valence-corrected chi connectivity index (χ2v) is 3.98. The van der Waals surface area contributed by atoms with Crippen LogP contribution < -0.4 is 0 Å². The quantitative estimate of drug-likeness (QED) is 0.595. The first-order valence-corrected chi connectivity index (χ1v) is 5.69. The predicted molar refractivity (Wildman–Crippen MR) is 64.8 cm³/mol. The summed E-state index contributed by atoms with van der Waals surface area (Å²) in [5, 5.41) is 9.07. The van der Waals surface area contributed by atoms with Gasteiger partial charge in [-0.25, -0.2) is 0 Å². The van der Waals surface area contributed by atoms with Gasteiger partial charge >= 0.3 is 0 Å². The van der Waals surface area contributed by atoms with Gasteiger partial charge in [0.05, 0.1) is 11.4 Å². The third kappa shape index (κ3) is 2.59. The number of hydrogen-bond acceptors (Lipinski definition) is 4. The number of pyridine rings is 1. The Hall–Kier alpha value is -1.86. The maximum Gasteiger partial charge on any atom is 0.120 e. The lowest BCUT2D eigenvalue weighted by Crippen LogP contribution is -1.89. The van der Waals surface area contributed by atoms with Crippen LogP contribution in [0.1, 0.15) is 0 Å². The van der Waals surface area contributed by atoms with E-state index < -0.39 is 0 Å². The van der Waals surface area contributed by atoms with Gasteiger partial charge in [0, 0.05) is 18.0 Å². The summed E-state index contributed by atoms with van der Waals surface area (Å²) in [7, 11) is 0. The van der Waals surface area contributed by atoms with Crippen LogP contribution in [0, 0.1) is 12.3 Å². The highest BCUT2D eigenvalue weighted by molar-refractivity contribution is 7.99. The van der Waals surface area contributed by atoms with E-state index in [4.69, 9.17) is 6.42 Å². The zero-order valence-corrected chi connectivity index (χ0v) is 9.31. The lowest BCUT2D eigenvalue weighted by molar-refractivity contribution is 0.936. The molecule has 0 aliphatic heterocycles. The van der Waals surface area contributed by atoms with Crippen LogP contribution in [0.2, 0.25) is 0 Å². The van der Waals surface area contributed by atoms with Gasteiger partial charge in [-0.3, -0.25) is 4.98 Å². The minimum Gasteiger partial charge on any atom is -0.265 e. The van der Waals surface area contributed by atoms with E-state index in [2.05, 4.69) is 21.1 Å². The van der Waals surface area contributed by atoms with E-state index in [9.17, 15) is 0 Å². The van der Waals surface area contributed by atoms with Crippen LogP contribution in [-0.4, -0.2) is 20.9 Å². The van der Waals surface area contributed by atoms with Crippen molar-refractivity contribution in [2.45, 2.75) is 5.03 Å². The van der Waals surface area contributed by atoms with Gasteiger partial charge in [-0.2, -0.15) is 0 Å². The Balaban J connectivity index is 2.17. The minimum absolute atomic E-state index is 0.614. The molecule has 0 aliphatic carbocycles. The fourth-order valence-corrected chi connectivity index (χ4v) is 1.68. The van der Waals surface area contributed by atoms with Crippen molar-refractivity contribution in [3.05, 3.63) is 36.7 Å². The molecule has 0 aromatic carbocycles. The molecule has 4 heteroatoms. The zero-order chi connectivity index (χ0) is 11.2. The second kappa shape index (κ2) is 5.29. The van der Waals surface area contributed by atoms with Crippen LogP contribution in [0.15, 0.2) is 41.7 Å². The smallest absolute Gasteiger partial charge is 0.120 e. The Morgan fingerprint density at radius 3 is 2.56 bits per heavy atom. The molecule has 0 aliphatic rings. The molecule has 78 valence electrons. The Kier molecular flexibility index (Phi) is 3.52. The van der Waals surface area contributed by atoms with Gasteiger partial charge in [-0.05, 0) is 24.3 Å². The average Bonchev–Trinajstić information content (AvgIpc) is 2.38. The van der Waals surface area contributed by atoms with Crippen LogP contribution in [0.4, 0.5) is 0 Å². The SMILES string of the molecule is C#CCSc1ccc(-c2ccncc2)nn1. The Bertz CT molecular complexity index is 488. The number of terminal acetylenes is 1. The third-order valence-electron chi connectivity index (χ3n) is 1.92. The molecule has 0 bridgehead atoms. The highest BCUT2D eigenvalue weighted by Gasteiger charge is 2.00. The molecule has 2 aromatic heterocycles. The topological polar surface area (TPSA) is 38.7 Å². The highest BCUT2D eigenvalue weighted by Crippen LogP contribution is 2.18. The van der Waals surface area contributed by atoms with Crippen LogP contribution in [0.3, 0.4) is 0 Å². The normalized spacial score (nSPS) is 9.69. The molecule has 0 unspecified atom stereocenters. The van der Waals surface area contributed by atoms with Crippen LogP contribution >= 0.6 is 11.8 Å². The van der Waals surface area contributed by atoms with E-state index in [0.717, 1.165) is 16.3 Å². The monoisotopic (exact) mass is 227 g/mol. The first-order chi connectivity index (χ1) is 7.90. The molecule has 0 atom stereocenters.